The van der Waals surface area contributed by atoms with Crippen molar-refractivity contribution < 1.29 is 9.21 Å². The van der Waals surface area contributed by atoms with Gasteiger partial charge in [0.05, 0.1) is 6.26 Å². The van der Waals surface area contributed by atoms with Crippen molar-refractivity contribution in [3.63, 3.8) is 0 Å². The van der Waals surface area contributed by atoms with E-state index in [1.165, 1.54) is 0 Å². The molecule has 1 aromatic heterocycles. The maximum absolute atomic E-state index is 11.6. The number of furan rings is 1. The number of hydrogen-bond donors (Lipinski definition) is 0. The van der Waals surface area contributed by atoms with Gasteiger partial charge in [0.15, 0.2) is 4.67 Å². The van der Waals surface area contributed by atoms with Gasteiger partial charge < -0.3 is 4.42 Å². The molecule has 0 bridgehead atoms. The number of ketones is 1. The second-order valence-corrected chi connectivity index (χ2v) is 4.70. The summed E-state index contributed by atoms with van der Waals surface area (Å²) in [6.45, 7) is 2.03. The number of hydrogen-bond acceptors (Lipinski definition) is 2. The molecule has 0 N–H and O–H groups in total. The number of halogens is 1. The first kappa shape index (κ1) is 9.00. The van der Waals surface area contributed by atoms with Crippen LogP contribution in [-0.4, -0.2) is 5.78 Å². The molecule has 0 amide bonds. The van der Waals surface area contributed by atoms with Crippen molar-refractivity contribution in [2.24, 2.45) is 5.41 Å². The highest BCUT2D eigenvalue weighted by molar-refractivity contribution is 9.10. The molecule has 0 aromatic carbocycles. The maximum Gasteiger partial charge on any atom is 0.169 e. The molecule has 0 spiro atoms. The summed E-state index contributed by atoms with van der Waals surface area (Å²) in [6.07, 6.45) is 4.23. The summed E-state index contributed by atoms with van der Waals surface area (Å²) >= 11 is 3.21. The standard InChI is InChI=1S/C10H11BrO2/c1-10(2-3-10)8(12)4-7-5-9(11)13-6-7/h5-6H,2-4H2,1H3. The van der Waals surface area contributed by atoms with Gasteiger partial charge in [0.2, 0.25) is 0 Å². The highest BCUT2D eigenvalue weighted by Gasteiger charge is 2.43. The molecule has 0 saturated heterocycles. The van der Waals surface area contributed by atoms with Crippen LogP contribution in [0, 0.1) is 5.41 Å². The van der Waals surface area contributed by atoms with Gasteiger partial charge in [0.25, 0.3) is 0 Å². The molecule has 2 nitrogen and oxygen atoms in total. The summed E-state index contributed by atoms with van der Waals surface area (Å²) < 4.78 is 5.75. The lowest BCUT2D eigenvalue weighted by atomic mass is 9.99. The van der Waals surface area contributed by atoms with E-state index in [-0.39, 0.29) is 5.41 Å². The van der Waals surface area contributed by atoms with E-state index >= 15 is 0 Å². The van der Waals surface area contributed by atoms with Crippen LogP contribution < -0.4 is 0 Å². The van der Waals surface area contributed by atoms with E-state index in [2.05, 4.69) is 15.9 Å². The molecule has 0 unspecified atom stereocenters. The Hall–Kier alpha value is -0.570. The van der Waals surface area contributed by atoms with Crippen molar-refractivity contribution in [3.05, 3.63) is 22.6 Å². The van der Waals surface area contributed by atoms with Crippen LogP contribution >= 0.6 is 15.9 Å². The summed E-state index contributed by atoms with van der Waals surface area (Å²) in [6, 6.07) is 1.85. The fourth-order valence-electron chi connectivity index (χ4n) is 1.30. The third-order valence-corrected chi connectivity index (χ3v) is 3.08. The van der Waals surface area contributed by atoms with E-state index in [0.717, 1.165) is 18.4 Å². The van der Waals surface area contributed by atoms with E-state index in [4.69, 9.17) is 4.42 Å². The van der Waals surface area contributed by atoms with Crippen LogP contribution in [0.2, 0.25) is 0 Å². The van der Waals surface area contributed by atoms with Crippen molar-refractivity contribution in [1.82, 2.24) is 0 Å². The van der Waals surface area contributed by atoms with Crippen LogP contribution in [0.25, 0.3) is 0 Å². The molecule has 1 heterocycles. The molecule has 2 rings (SSSR count). The lowest BCUT2D eigenvalue weighted by Gasteiger charge is -2.03. The van der Waals surface area contributed by atoms with E-state index in [1.54, 1.807) is 6.26 Å². The van der Waals surface area contributed by atoms with E-state index in [0.29, 0.717) is 16.9 Å². The molecule has 0 aliphatic heterocycles. The Kier molecular flexibility index (Phi) is 2.06. The molecule has 1 aromatic rings. The molecular weight excluding hydrogens is 232 g/mol. The smallest absolute Gasteiger partial charge is 0.169 e. The Balaban J connectivity index is 2.02. The fraction of sp³-hybridized carbons (Fsp3) is 0.500. The molecule has 1 aliphatic carbocycles. The number of carbonyl (C=O) groups is 1. The Morgan fingerprint density at radius 3 is 2.85 bits per heavy atom. The molecular formula is C10H11BrO2. The molecule has 1 aliphatic rings. The van der Waals surface area contributed by atoms with E-state index in [9.17, 15) is 4.79 Å². The third-order valence-electron chi connectivity index (χ3n) is 2.66. The van der Waals surface area contributed by atoms with Crippen LogP contribution in [0.3, 0.4) is 0 Å². The summed E-state index contributed by atoms with van der Waals surface area (Å²) in [5.74, 6) is 0.334. The monoisotopic (exact) mass is 242 g/mol. The Morgan fingerprint density at radius 1 is 1.69 bits per heavy atom. The first-order valence-corrected chi connectivity index (χ1v) is 5.16. The van der Waals surface area contributed by atoms with Gasteiger partial charge in [0.1, 0.15) is 5.78 Å². The molecule has 0 radical (unpaired) electrons. The third kappa shape index (κ3) is 1.85. The van der Waals surface area contributed by atoms with Gasteiger partial charge in [-0.25, -0.2) is 0 Å². The van der Waals surface area contributed by atoms with Crippen molar-refractivity contribution in [2.75, 3.05) is 0 Å². The molecule has 1 fully saturated rings. The number of carbonyl (C=O) groups excluding carboxylic acids is 1. The van der Waals surface area contributed by atoms with Crippen LogP contribution in [-0.2, 0) is 11.2 Å². The van der Waals surface area contributed by atoms with Crippen molar-refractivity contribution >= 4 is 21.7 Å². The fourth-order valence-corrected chi connectivity index (χ4v) is 1.69. The molecule has 0 atom stereocenters. The highest BCUT2D eigenvalue weighted by atomic mass is 79.9. The van der Waals surface area contributed by atoms with Gasteiger partial charge in [0, 0.05) is 11.8 Å². The first-order valence-electron chi connectivity index (χ1n) is 4.36. The minimum absolute atomic E-state index is 0.0241. The van der Waals surface area contributed by atoms with Crippen LogP contribution in [0.4, 0.5) is 0 Å². The molecule has 3 heteroatoms. The van der Waals surface area contributed by atoms with Gasteiger partial charge >= 0.3 is 0 Å². The van der Waals surface area contributed by atoms with Gasteiger partial charge in [-0.15, -0.1) is 0 Å². The largest absolute Gasteiger partial charge is 0.457 e. The van der Waals surface area contributed by atoms with E-state index < -0.39 is 0 Å². The van der Waals surface area contributed by atoms with Gasteiger partial charge in [-0.1, -0.05) is 6.92 Å². The average molecular weight is 243 g/mol. The SMILES string of the molecule is CC1(C(=O)Cc2coc(Br)c2)CC1. The topological polar surface area (TPSA) is 30.2 Å². The summed E-state index contributed by atoms with van der Waals surface area (Å²) in [5.41, 5.74) is 0.939. The van der Waals surface area contributed by atoms with Crippen molar-refractivity contribution in [3.8, 4) is 0 Å². The lowest BCUT2D eigenvalue weighted by Crippen LogP contribution is -2.13. The Bertz CT molecular complexity index is 336. The van der Waals surface area contributed by atoms with Gasteiger partial charge in [-0.05, 0) is 40.4 Å². The number of Topliss-reactive ketones (excluding diaryl/α,β-unsaturated/α-hetero) is 1. The summed E-state index contributed by atoms with van der Waals surface area (Å²) in [5, 5.41) is 0. The van der Waals surface area contributed by atoms with Crippen molar-refractivity contribution in [1.29, 1.82) is 0 Å². The predicted molar refractivity (Wildman–Crippen MR) is 52.5 cm³/mol. The Morgan fingerprint density at radius 2 is 2.38 bits per heavy atom. The number of rotatable bonds is 3. The summed E-state index contributed by atoms with van der Waals surface area (Å²) in [7, 11) is 0. The second kappa shape index (κ2) is 2.98. The van der Waals surface area contributed by atoms with Gasteiger partial charge in [-0.3, -0.25) is 4.79 Å². The highest BCUT2D eigenvalue weighted by Crippen LogP contribution is 2.46. The lowest BCUT2D eigenvalue weighted by molar-refractivity contribution is -0.122. The normalized spacial score (nSPS) is 18.6. The zero-order valence-corrected chi connectivity index (χ0v) is 9.06. The maximum atomic E-state index is 11.6. The van der Waals surface area contributed by atoms with E-state index in [1.807, 2.05) is 13.0 Å². The van der Waals surface area contributed by atoms with Crippen molar-refractivity contribution in [2.45, 2.75) is 26.2 Å². The van der Waals surface area contributed by atoms with Crippen LogP contribution in [0.5, 0.6) is 0 Å². The zero-order chi connectivity index (χ0) is 9.47. The predicted octanol–water partition coefficient (Wildman–Crippen LogP) is 2.95. The van der Waals surface area contributed by atoms with Crippen LogP contribution in [0.15, 0.2) is 21.4 Å². The van der Waals surface area contributed by atoms with Crippen LogP contribution in [0.1, 0.15) is 25.3 Å². The molecule has 70 valence electrons. The zero-order valence-electron chi connectivity index (χ0n) is 7.47. The minimum Gasteiger partial charge on any atom is -0.457 e. The van der Waals surface area contributed by atoms with Gasteiger partial charge in [-0.2, -0.15) is 0 Å². The summed E-state index contributed by atoms with van der Waals surface area (Å²) in [4.78, 5) is 11.6. The molecule has 1 saturated carbocycles. The Labute approximate surface area is 85.4 Å². The second-order valence-electron chi connectivity index (χ2n) is 3.92. The minimum atomic E-state index is -0.0241. The molecule has 13 heavy (non-hydrogen) atoms. The average Bonchev–Trinajstić information content (AvgIpc) is 2.69. The quantitative estimate of drug-likeness (QED) is 0.816. The first-order chi connectivity index (χ1) is 6.10.